The van der Waals surface area contributed by atoms with Gasteiger partial charge in [-0.1, -0.05) is 32.1 Å². The van der Waals surface area contributed by atoms with Crippen LogP contribution in [0.4, 0.5) is 13.2 Å². The van der Waals surface area contributed by atoms with Gasteiger partial charge in [0.15, 0.2) is 0 Å². The highest BCUT2D eigenvalue weighted by molar-refractivity contribution is 7.91. The third kappa shape index (κ3) is 4.64. The number of piperidine rings is 1. The average molecular weight is 368 g/mol. The number of amidine groups is 1. The number of alkyl halides is 3. The van der Waals surface area contributed by atoms with Gasteiger partial charge in [0.05, 0.1) is 0 Å². The second-order valence-corrected chi connectivity index (χ2v) is 8.77. The standard InChI is InChI=1S/C16H27F3N2O2S/c1-12-7-6-8-13(2)21(12)15(11-14-9-4-3-5-10-14)20-24(22,23)16(17,18)19/h12-14H,3-11H2,1-2H3/b20-15+/t12-,13+. The molecule has 1 heterocycles. The Bertz CT molecular complexity index is 544. The van der Waals surface area contributed by atoms with Crippen LogP contribution in [0.3, 0.4) is 0 Å². The van der Waals surface area contributed by atoms with Gasteiger partial charge in [-0.15, -0.1) is 4.40 Å². The minimum Gasteiger partial charge on any atom is -0.354 e. The number of nitrogens with zero attached hydrogens (tertiary/aromatic N) is 2. The van der Waals surface area contributed by atoms with Gasteiger partial charge in [-0.05, 0) is 39.0 Å². The zero-order chi connectivity index (χ0) is 18.0. The number of halogens is 3. The largest absolute Gasteiger partial charge is 0.518 e. The molecule has 0 radical (unpaired) electrons. The van der Waals surface area contributed by atoms with Gasteiger partial charge in [0.25, 0.3) is 0 Å². The minimum absolute atomic E-state index is 0.0134. The third-order valence-electron chi connectivity index (χ3n) is 5.21. The Labute approximate surface area is 142 Å². The van der Waals surface area contributed by atoms with Crippen LogP contribution in [-0.4, -0.2) is 36.7 Å². The lowest BCUT2D eigenvalue weighted by Gasteiger charge is -2.42. The number of rotatable bonds is 3. The summed E-state index contributed by atoms with van der Waals surface area (Å²) in [6, 6.07) is 0.0269. The molecule has 1 aliphatic carbocycles. The van der Waals surface area contributed by atoms with Crippen molar-refractivity contribution in [1.82, 2.24) is 4.90 Å². The molecule has 8 heteroatoms. The molecule has 2 aliphatic rings. The van der Waals surface area contributed by atoms with E-state index in [-0.39, 0.29) is 23.8 Å². The van der Waals surface area contributed by atoms with E-state index in [4.69, 9.17) is 0 Å². The summed E-state index contributed by atoms with van der Waals surface area (Å²) in [7, 11) is -5.50. The summed E-state index contributed by atoms with van der Waals surface area (Å²) in [5.41, 5.74) is -5.34. The molecule has 0 aromatic rings. The highest BCUT2D eigenvalue weighted by Gasteiger charge is 2.47. The molecule has 0 spiro atoms. The van der Waals surface area contributed by atoms with E-state index >= 15 is 0 Å². The molecule has 0 amide bonds. The van der Waals surface area contributed by atoms with Crippen LogP contribution in [0.5, 0.6) is 0 Å². The van der Waals surface area contributed by atoms with E-state index in [1.807, 2.05) is 18.7 Å². The highest BCUT2D eigenvalue weighted by atomic mass is 32.2. The second kappa shape index (κ2) is 7.62. The Morgan fingerprint density at radius 2 is 1.54 bits per heavy atom. The molecule has 2 atom stereocenters. The number of likely N-dealkylation sites (tertiary alicyclic amines) is 1. The van der Waals surface area contributed by atoms with Gasteiger partial charge >= 0.3 is 15.5 Å². The molecular formula is C16H27F3N2O2S. The topological polar surface area (TPSA) is 49.7 Å². The van der Waals surface area contributed by atoms with Gasteiger partial charge in [-0.2, -0.15) is 21.6 Å². The summed E-state index contributed by atoms with van der Waals surface area (Å²) in [6.07, 6.45) is 8.12. The van der Waals surface area contributed by atoms with Crippen molar-refractivity contribution in [2.24, 2.45) is 10.3 Å². The van der Waals surface area contributed by atoms with E-state index in [2.05, 4.69) is 4.40 Å². The molecule has 0 N–H and O–H groups in total. The van der Waals surface area contributed by atoms with Gasteiger partial charge in [0, 0.05) is 18.5 Å². The first-order valence-corrected chi connectivity index (χ1v) is 10.2. The SMILES string of the molecule is C[C@@H]1CCC[C@H](C)N1/C(CC1CCCCC1)=N/S(=O)(=O)C(F)(F)F. The fourth-order valence-corrected chi connectivity index (χ4v) is 4.51. The van der Waals surface area contributed by atoms with Crippen LogP contribution in [0.15, 0.2) is 4.40 Å². The number of hydrogen-bond acceptors (Lipinski definition) is 2. The molecule has 2 rings (SSSR count). The molecule has 1 saturated heterocycles. The molecule has 0 unspecified atom stereocenters. The zero-order valence-electron chi connectivity index (χ0n) is 14.3. The van der Waals surface area contributed by atoms with Crippen LogP contribution in [-0.2, 0) is 10.0 Å². The van der Waals surface area contributed by atoms with Crippen molar-refractivity contribution < 1.29 is 21.6 Å². The Morgan fingerprint density at radius 1 is 1.00 bits per heavy atom. The lowest BCUT2D eigenvalue weighted by molar-refractivity contribution is -0.0435. The minimum atomic E-state index is -5.50. The summed E-state index contributed by atoms with van der Waals surface area (Å²) in [4.78, 5) is 1.82. The van der Waals surface area contributed by atoms with Crippen molar-refractivity contribution in [1.29, 1.82) is 0 Å². The van der Waals surface area contributed by atoms with Crippen LogP contribution in [0.2, 0.25) is 0 Å². The van der Waals surface area contributed by atoms with Crippen molar-refractivity contribution >= 4 is 15.9 Å². The molecular weight excluding hydrogens is 341 g/mol. The monoisotopic (exact) mass is 368 g/mol. The fraction of sp³-hybridized carbons (Fsp3) is 0.938. The summed E-state index contributed by atoms with van der Waals surface area (Å²) in [5, 5.41) is 0. The predicted molar refractivity (Wildman–Crippen MR) is 88.2 cm³/mol. The molecule has 1 aliphatic heterocycles. The lowest BCUT2D eigenvalue weighted by atomic mass is 9.85. The van der Waals surface area contributed by atoms with Gasteiger partial charge < -0.3 is 4.90 Å². The molecule has 4 nitrogen and oxygen atoms in total. The van der Waals surface area contributed by atoms with Gasteiger partial charge in [0.2, 0.25) is 0 Å². The zero-order valence-corrected chi connectivity index (χ0v) is 15.2. The van der Waals surface area contributed by atoms with Crippen molar-refractivity contribution in [3.63, 3.8) is 0 Å². The quantitative estimate of drug-likeness (QED) is 0.546. The Kier molecular flexibility index (Phi) is 6.20. The summed E-state index contributed by atoms with van der Waals surface area (Å²) >= 11 is 0. The normalized spacial score (nSPS) is 28.2. The first kappa shape index (κ1) is 19.5. The first-order valence-electron chi connectivity index (χ1n) is 8.80. The van der Waals surface area contributed by atoms with E-state index in [1.54, 1.807) is 0 Å². The summed E-state index contributed by atoms with van der Waals surface area (Å²) in [6.45, 7) is 3.87. The van der Waals surface area contributed by atoms with Gasteiger partial charge in [-0.25, -0.2) is 0 Å². The summed E-state index contributed by atoms with van der Waals surface area (Å²) < 4.78 is 65.0. The Morgan fingerprint density at radius 3 is 2.04 bits per heavy atom. The second-order valence-electron chi connectivity index (χ2n) is 7.17. The van der Waals surface area contributed by atoms with Crippen LogP contribution in [0, 0.1) is 5.92 Å². The molecule has 0 aromatic heterocycles. The van der Waals surface area contributed by atoms with Crippen molar-refractivity contribution in [2.75, 3.05) is 0 Å². The van der Waals surface area contributed by atoms with E-state index < -0.39 is 15.5 Å². The van der Waals surface area contributed by atoms with E-state index in [0.29, 0.717) is 6.42 Å². The van der Waals surface area contributed by atoms with E-state index in [1.165, 1.54) is 0 Å². The molecule has 2 fully saturated rings. The van der Waals surface area contributed by atoms with Crippen molar-refractivity contribution in [3.8, 4) is 0 Å². The molecule has 140 valence electrons. The Balaban J connectivity index is 2.33. The lowest BCUT2D eigenvalue weighted by Crippen LogP contribution is -2.48. The maximum atomic E-state index is 12.8. The molecule has 0 bridgehead atoms. The Hall–Kier alpha value is -0.790. The molecule has 0 aromatic carbocycles. The van der Waals surface area contributed by atoms with Gasteiger partial charge in [0.1, 0.15) is 5.84 Å². The van der Waals surface area contributed by atoms with Crippen molar-refractivity contribution in [2.45, 2.75) is 89.2 Å². The maximum absolute atomic E-state index is 12.8. The van der Waals surface area contributed by atoms with Crippen LogP contribution in [0.1, 0.15) is 71.6 Å². The molecule has 1 saturated carbocycles. The van der Waals surface area contributed by atoms with Crippen LogP contribution in [0.25, 0.3) is 0 Å². The van der Waals surface area contributed by atoms with Crippen LogP contribution < -0.4 is 0 Å². The van der Waals surface area contributed by atoms with Crippen molar-refractivity contribution in [3.05, 3.63) is 0 Å². The maximum Gasteiger partial charge on any atom is 0.518 e. The first-order chi connectivity index (χ1) is 11.1. The fourth-order valence-electron chi connectivity index (χ4n) is 3.96. The van der Waals surface area contributed by atoms with E-state index in [9.17, 15) is 21.6 Å². The summed E-state index contributed by atoms with van der Waals surface area (Å²) in [5.74, 6) is 0.334. The van der Waals surface area contributed by atoms with Crippen LogP contribution >= 0.6 is 0 Å². The number of sulfonamides is 1. The average Bonchev–Trinajstić information content (AvgIpc) is 2.46. The van der Waals surface area contributed by atoms with E-state index in [0.717, 1.165) is 51.4 Å². The van der Waals surface area contributed by atoms with Gasteiger partial charge in [-0.3, -0.25) is 0 Å². The predicted octanol–water partition coefficient (Wildman–Crippen LogP) is 4.47. The third-order valence-corrected chi connectivity index (χ3v) is 6.24. The smallest absolute Gasteiger partial charge is 0.354 e. The molecule has 24 heavy (non-hydrogen) atoms. The number of hydrogen-bond donors (Lipinski definition) is 0. The highest BCUT2D eigenvalue weighted by Crippen LogP contribution is 2.32.